The number of imide groups is 1. The number of para-hydroxylation sites is 1. The lowest BCUT2D eigenvalue weighted by Gasteiger charge is -2.13. The highest BCUT2D eigenvalue weighted by Crippen LogP contribution is 2.23. The van der Waals surface area contributed by atoms with Crippen LogP contribution in [0.1, 0.15) is 6.42 Å². The van der Waals surface area contributed by atoms with Crippen LogP contribution in [0.3, 0.4) is 0 Å². The predicted molar refractivity (Wildman–Crippen MR) is 70.5 cm³/mol. The zero-order valence-corrected chi connectivity index (χ0v) is 11.5. The number of anilines is 1. The Labute approximate surface area is 115 Å². The van der Waals surface area contributed by atoms with Gasteiger partial charge in [-0.25, -0.2) is 22.5 Å². The number of benzene rings is 1. The van der Waals surface area contributed by atoms with Crippen molar-refractivity contribution in [3.8, 4) is 0 Å². The Balaban J connectivity index is 2.20. The second-order valence-corrected chi connectivity index (χ2v) is 6.81. The molecule has 1 saturated heterocycles. The van der Waals surface area contributed by atoms with Gasteiger partial charge in [0.05, 0.1) is 11.4 Å². The van der Waals surface area contributed by atoms with E-state index in [1.165, 1.54) is 18.2 Å². The van der Waals surface area contributed by atoms with E-state index in [0.29, 0.717) is 4.90 Å². The molecule has 0 spiro atoms. The van der Waals surface area contributed by atoms with Crippen LogP contribution in [-0.2, 0) is 14.6 Å². The minimum Gasteiger partial charge on any atom is -0.325 e. The summed E-state index contributed by atoms with van der Waals surface area (Å²) in [5.74, 6) is -1.57. The summed E-state index contributed by atoms with van der Waals surface area (Å²) in [7, 11) is -3.24. The zero-order chi connectivity index (χ0) is 14.9. The highest BCUT2D eigenvalue weighted by Gasteiger charge is 2.40. The maximum Gasteiger partial charge on any atom is 0.329 e. The van der Waals surface area contributed by atoms with E-state index in [1.54, 1.807) is 0 Å². The molecule has 0 aromatic heterocycles. The van der Waals surface area contributed by atoms with Gasteiger partial charge in [-0.1, -0.05) is 12.1 Å². The van der Waals surface area contributed by atoms with E-state index in [9.17, 15) is 22.4 Å². The van der Waals surface area contributed by atoms with Crippen molar-refractivity contribution in [2.75, 3.05) is 16.9 Å². The largest absolute Gasteiger partial charge is 0.329 e. The Morgan fingerprint density at radius 2 is 1.95 bits per heavy atom. The van der Waals surface area contributed by atoms with Crippen LogP contribution in [0.2, 0.25) is 0 Å². The van der Waals surface area contributed by atoms with Crippen LogP contribution in [0.25, 0.3) is 0 Å². The van der Waals surface area contributed by atoms with Gasteiger partial charge < -0.3 is 5.32 Å². The zero-order valence-electron chi connectivity index (χ0n) is 10.7. The van der Waals surface area contributed by atoms with Crippen LogP contribution < -0.4 is 10.2 Å². The summed E-state index contributed by atoms with van der Waals surface area (Å²) in [6.45, 7) is 0. The molecule has 6 nitrogen and oxygen atoms in total. The first-order valence-electron chi connectivity index (χ1n) is 5.86. The topological polar surface area (TPSA) is 83.6 Å². The van der Waals surface area contributed by atoms with E-state index in [-0.39, 0.29) is 17.9 Å². The van der Waals surface area contributed by atoms with E-state index >= 15 is 0 Å². The third-order valence-electron chi connectivity index (χ3n) is 2.89. The monoisotopic (exact) mass is 300 g/mol. The van der Waals surface area contributed by atoms with E-state index in [1.807, 2.05) is 0 Å². The number of sulfone groups is 1. The van der Waals surface area contributed by atoms with Gasteiger partial charge in [0.15, 0.2) is 0 Å². The molecule has 1 aromatic rings. The Morgan fingerprint density at radius 1 is 1.30 bits per heavy atom. The van der Waals surface area contributed by atoms with Gasteiger partial charge in [0.25, 0.3) is 5.91 Å². The van der Waals surface area contributed by atoms with Gasteiger partial charge in [0.1, 0.15) is 21.7 Å². The molecular weight excluding hydrogens is 287 g/mol. The molecule has 1 atom stereocenters. The molecule has 0 bridgehead atoms. The second kappa shape index (κ2) is 5.20. The van der Waals surface area contributed by atoms with Crippen molar-refractivity contribution in [2.45, 2.75) is 12.5 Å². The molecule has 1 unspecified atom stereocenters. The Kier molecular flexibility index (Phi) is 3.76. The lowest BCUT2D eigenvalue weighted by molar-refractivity contribution is -0.118. The summed E-state index contributed by atoms with van der Waals surface area (Å²) in [4.78, 5) is 24.5. The summed E-state index contributed by atoms with van der Waals surface area (Å²) in [6.07, 6.45) is 1.01. The molecular formula is C12H13FN2O4S. The van der Waals surface area contributed by atoms with Crippen LogP contribution in [0.15, 0.2) is 24.3 Å². The number of rotatable bonds is 4. The lowest BCUT2D eigenvalue weighted by Crippen LogP contribution is -2.32. The van der Waals surface area contributed by atoms with Crippen molar-refractivity contribution in [3.05, 3.63) is 30.1 Å². The molecule has 0 radical (unpaired) electrons. The fraction of sp³-hybridized carbons (Fsp3) is 0.333. The van der Waals surface area contributed by atoms with Gasteiger partial charge in [0.2, 0.25) is 0 Å². The number of carbonyl (C=O) groups excluding carboxylic acids is 2. The highest BCUT2D eigenvalue weighted by atomic mass is 32.2. The van der Waals surface area contributed by atoms with Crippen LogP contribution in [0.4, 0.5) is 14.9 Å². The number of hydrogen-bond acceptors (Lipinski definition) is 4. The van der Waals surface area contributed by atoms with Gasteiger partial charge in [-0.05, 0) is 18.6 Å². The van der Waals surface area contributed by atoms with E-state index in [2.05, 4.69) is 5.32 Å². The normalized spacial score (nSPS) is 19.3. The molecule has 1 aliphatic rings. The highest BCUT2D eigenvalue weighted by molar-refractivity contribution is 7.90. The Hall–Kier alpha value is -1.96. The molecule has 1 heterocycles. The minimum atomic E-state index is -3.24. The maximum atomic E-state index is 13.6. The van der Waals surface area contributed by atoms with Crippen LogP contribution in [0, 0.1) is 5.82 Å². The van der Waals surface area contributed by atoms with Gasteiger partial charge in [-0.15, -0.1) is 0 Å². The quantitative estimate of drug-likeness (QED) is 0.829. The molecule has 8 heteroatoms. The van der Waals surface area contributed by atoms with Crippen LogP contribution in [0.5, 0.6) is 0 Å². The third kappa shape index (κ3) is 2.96. The van der Waals surface area contributed by atoms with E-state index in [4.69, 9.17) is 0 Å². The molecule has 1 aromatic carbocycles. The van der Waals surface area contributed by atoms with Crippen LogP contribution in [-0.4, -0.2) is 38.4 Å². The predicted octanol–water partition coefficient (Wildman–Crippen LogP) is 0.685. The van der Waals surface area contributed by atoms with Crippen molar-refractivity contribution < 1.29 is 22.4 Å². The average molecular weight is 300 g/mol. The van der Waals surface area contributed by atoms with E-state index < -0.39 is 33.6 Å². The third-order valence-corrected chi connectivity index (χ3v) is 3.87. The molecule has 2 rings (SSSR count). The Bertz CT molecular complexity index is 659. The smallest absolute Gasteiger partial charge is 0.325 e. The van der Waals surface area contributed by atoms with Crippen molar-refractivity contribution in [1.29, 1.82) is 0 Å². The lowest BCUT2D eigenvalue weighted by atomic mass is 10.2. The second-order valence-electron chi connectivity index (χ2n) is 4.55. The van der Waals surface area contributed by atoms with Crippen LogP contribution >= 0.6 is 0 Å². The first-order chi connectivity index (χ1) is 9.29. The number of carbonyl (C=O) groups is 2. The van der Waals surface area contributed by atoms with Crippen molar-refractivity contribution in [1.82, 2.24) is 5.32 Å². The summed E-state index contributed by atoms with van der Waals surface area (Å²) in [6, 6.07) is 3.70. The SMILES string of the molecule is CS(=O)(=O)CCC1NC(=O)N(c2ccccc2F)C1=O. The molecule has 3 amide bonds. The molecule has 1 N–H and O–H groups in total. The number of urea groups is 1. The van der Waals surface area contributed by atoms with Crippen molar-refractivity contribution in [2.24, 2.45) is 0 Å². The molecule has 108 valence electrons. The number of hydrogen-bond donors (Lipinski definition) is 1. The van der Waals surface area contributed by atoms with Gasteiger partial charge in [0, 0.05) is 6.26 Å². The summed E-state index contributed by atoms with van der Waals surface area (Å²) >= 11 is 0. The van der Waals surface area contributed by atoms with Crippen molar-refractivity contribution in [3.63, 3.8) is 0 Å². The van der Waals surface area contributed by atoms with Gasteiger partial charge in [-0.2, -0.15) is 0 Å². The summed E-state index contributed by atoms with van der Waals surface area (Å²) in [5, 5.41) is 2.36. The molecule has 1 fully saturated rings. The molecule has 1 aliphatic heterocycles. The van der Waals surface area contributed by atoms with E-state index in [0.717, 1.165) is 12.3 Å². The fourth-order valence-corrected chi connectivity index (χ4v) is 2.58. The number of amides is 3. The maximum absolute atomic E-state index is 13.6. The fourth-order valence-electron chi connectivity index (χ4n) is 1.92. The molecule has 20 heavy (non-hydrogen) atoms. The van der Waals surface area contributed by atoms with Gasteiger partial charge in [-0.3, -0.25) is 4.79 Å². The standard InChI is InChI=1S/C12H13FN2O4S/c1-20(18,19)7-6-9-11(16)15(12(17)14-9)10-5-3-2-4-8(10)13/h2-5,9H,6-7H2,1H3,(H,14,17). The minimum absolute atomic E-state index is 0.0334. The first-order valence-corrected chi connectivity index (χ1v) is 7.92. The number of halogens is 1. The number of nitrogens with zero attached hydrogens (tertiary/aromatic N) is 1. The summed E-state index contributed by atoms with van der Waals surface area (Å²) in [5.41, 5.74) is -0.142. The van der Waals surface area contributed by atoms with Crippen molar-refractivity contribution >= 4 is 27.5 Å². The average Bonchev–Trinajstić information content (AvgIpc) is 2.62. The molecule has 0 aliphatic carbocycles. The van der Waals surface area contributed by atoms with Gasteiger partial charge >= 0.3 is 6.03 Å². The first kappa shape index (κ1) is 14.4. The number of nitrogens with one attached hydrogen (secondary N) is 1. The summed E-state index contributed by atoms with van der Waals surface area (Å²) < 4.78 is 35.8. The Morgan fingerprint density at radius 3 is 2.55 bits per heavy atom. The molecule has 0 saturated carbocycles.